The third-order valence-electron chi connectivity index (χ3n) is 3.99. The lowest BCUT2D eigenvalue weighted by Crippen LogP contribution is -2.23. The minimum absolute atomic E-state index is 0.360. The average Bonchev–Trinajstić information content (AvgIpc) is 2.83. The van der Waals surface area contributed by atoms with E-state index in [1.807, 2.05) is 12.3 Å². The molecule has 1 N–H and O–H groups in total. The first kappa shape index (κ1) is 12.4. The van der Waals surface area contributed by atoms with Gasteiger partial charge in [-0.2, -0.15) is 0 Å². The molecule has 19 heavy (non-hydrogen) atoms. The first-order valence-electron chi connectivity index (χ1n) is 7.00. The van der Waals surface area contributed by atoms with Crippen molar-refractivity contribution in [3.8, 4) is 0 Å². The second kappa shape index (κ2) is 5.14. The highest BCUT2D eigenvalue weighted by atomic mass is 15.0. The number of rotatable bonds is 3. The van der Waals surface area contributed by atoms with E-state index in [1.54, 1.807) is 0 Å². The lowest BCUT2D eigenvalue weighted by atomic mass is 10.1. The van der Waals surface area contributed by atoms with Gasteiger partial charge in [0.25, 0.3) is 0 Å². The van der Waals surface area contributed by atoms with Crippen molar-refractivity contribution in [1.29, 1.82) is 0 Å². The van der Waals surface area contributed by atoms with Gasteiger partial charge in [-0.05, 0) is 43.9 Å². The van der Waals surface area contributed by atoms with E-state index in [0.717, 1.165) is 12.8 Å². The van der Waals surface area contributed by atoms with Gasteiger partial charge in [0.2, 0.25) is 0 Å². The molecule has 1 unspecified atom stereocenters. The molecule has 98 valence electrons. The zero-order valence-electron chi connectivity index (χ0n) is 11.6. The van der Waals surface area contributed by atoms with Gasteiger partial charge >= 0.3 is 0 Å². The van der Waals surface area contributed by atoms with Crippen LogP contribution >= 0.6 is 0 Å². The van der Waals surface area contributed by atoms with Gasteiger partial charge in [0, 0.05) is 12.2 Å². The highest BCUT2D eigenvalue weighted by molar-refractivity contribution is 5.29. The number of benzene rings is 1. The zero-order chi connectivity index (χ0) is 13.2. The van der Waals surface area contributed by atoms with E-state index in [1.165, 1.54) is 22.4 Å². The Morgan fingerprint density at radius 3 is 2.79 bits per heavy atom. The molecular formula is C17H20N2. The number of nitrogens with one attached hydrogen (secondary N) is 1. The number of aryl methyl sites for hydroxylation is 2. The largest absolute Gasteiger partial charge is 0.302 e. The summed E-state index contributed by atoms with van der Waals surface area (Å²) in [6.07, 6.45) is 4.19. The molecule has 0 saturated carbocycles. The summed E-state index contributed by atoms with van der Waals surface area (Å²) in [6, 6.07) is 13.8. The van der Waals surface area contributed by atoms with Gasteiger partial charge in [0.05, 0.1) is 11.7 Å². The molecule has 0 spiro atoms. The molecule has 1 aliphatic rings. The molecule has 0 fully saturated rings. The quantitative estimate of drug-likeness (QED) is 0.900. The van der Waals surface area contributed by atoms with Crippen LogP contribution in [0.2, 0.25) is 0 Å². The molecule has 2 nitrogen and oxygen atoms in total. The highest BCUT2D eigenvalue weighted by Crippen LogP contribution is 2.31. The van der Waals surface area contributed by atoms with Crippen LogP contribution in [0.15, 0.2) is 42.6 Å². The number of aromatic nitrogens is 1. The minimum Gasteiger partial charge on any atom is -0.302 e. The highest BCUT2D eigenvalue weighted by Gasteiger charge is 2.24. The van der Waals surface area contributed by atoms with E-state index in [4.69, 9.17) is 0 Å². The topological polar surface area (TPSA) is 24.9 Å². The van der Waals surface area contributed by atoms with Crippen LogP contribution < -0.4 is 5.32 Å². The Hall–Kier alpha value is -1.67. The van der Waals surface area contributed by atoms with E-state index >= 15 is 0 Å². The maximum absolute atomic E-state index is 4.54. The lowest BCUT2D eigenvalue weighted by Gasteiger charge is -2.20. The van der Waals surface area contributed by atoms with E-state index in [-0.39, 0.29) is 0 Å². The molecule has 0 amide bonds. The number of nitrogens with zero attached hydrogens (tertiary/aromatic N) is 1. The Morgan fingerprint density at radius 1 is 1.21 bits per heavy atom. The second-order valence-corrected chi connectivity index (χ2v) is 5.44. The van der Waals surface area contributed by atoms with Crippen molar-refractivity contribution >= 4 is 0 Å². The molecule has 0 saturated heterocycles. The third kappa shape index (κ3) is 2.54. The average molecular weight is 252 g/mol. The Bertz CT molecular complexity index is 560. The standard InChI is InChI=1S/C17H20N2/c1-12-5-7-14(8-6-12)13(2)19-16-10-9-15-4-3-11-18-17(15)16/h3-8,11,13,16,19H,9-10H2,1-2H3/t13-,16?/m0/s1. The second-order valence-electron chi connectivity index (χ2n) is 5.44. The van der Waals surface area contributed by atoms with Crippen molar-refractivity contribution in [1.82, 2.24) is 10.3 Å². The molecule has 1 heterocycles. The summed E-state index contributed by atoms with van der Waals surface area (Å²) in [4.78, 5) is 4.54. The summed E-state index contributed by atoms with van der Waals surface area (Å²) < 4.78 is 0. The summed E-state index contributed by atoms with van der Waals surface area (Å²) in [7, 11) is 0. The smallest absolute Gasteiger partial charge is 0.0605 e. The minimum atomic E-state index is 0.360. The van der Waals surface area contributed by atoms with Crippen LogP contribution in [0.4, 0.5) is 0 Å². The van der Waals surface area contributed by atoms with Crippen LogP contribution in [0, 0.1) is 6.92 Å². The fourth-order valence-corrected chi connectivity index (χ4v) is 2.83. The lowest BCUT2D eigenvalue weighted by molar-refractivity contribution is 0.458. The first-order chi connectivity index (χ1) is 9.24. The SMILES string of the molecule is Cc1ccc([C@H](C)NC2CCc3cccnc32)cc1. The zero-order valence-corrected chi connectivity index (χ0v) is 11.6. The van der Waals surface area contributed by atoms with E-state index in [9.17, 15) is 0 Å². The van der Waals surface area contributed by atoms with E-state index in [0.29, 0.717) is 12.1 Å². The molecule has 1 aliphatic carbocycles. The van der Waals surface area contributed by atoms with Gasteiger partial charge in [0.1, 0.15) is 0 Å². The number of hydrogen-bond acceptors (Lipinski definition) is 2. The molecule has 2 aromatic rings. The van der Waals surface area contributed by atoms with Crippen LogP contribution in [0.25, 0.3) is 0 Å². The molecule has 1 aromatic carbocycles. The number of fused-ring (bicyclic) bond motifs is 1. The molecule has 2 atom stereocenters. The van der Waals surface area contributed by atoms with Crippen LogP contribution in [0.5, 0.6) is 0 Å². The van der Waals surface area contributed by atoms with Crippen molar-refractivity contribution < 1.29 is 0 Å². The van der Waals surface area contributed by atoms with Crippen LogP contribution in [-0.2, 0) is 6.42 Å². The monoisotopic (exact) mass is 252 g/mol. The molecule has 2 heteroatoms. The van der Waals surface area contributed by atoms with Crippen molar-refractivity contribution in [3.05, 3.63) is 65.0 Å². The number of hydrogen-bond donors (Lipinski definition) is 1. The predicted octanol–water partition coefficient (Wildman–Crippen LogP) is 3.73. The molecule has 3 rings (SSSR count). The summed E-state index contributed by atoms with van der Waals surface area (Å²) in [5, 5.41) is 3.71. The Labute approximate surface area is 114 Å². The maximum atomic E-state index is 4.54. The molecule has 0 aliphatic heterocycles. The van der Waals surface area contributed by atoms with Gasteiger partial charge in [-0.3, -0.25) is 4.98 Å². The van der Waals surface area contributed by atoms with Crippen molar-refractivity contribution in [2.24, 2.45) is 0 Å². The Kier molecular flexibility index (Phi) is 3.34. The molecule has 1 aromatic heterocycles. The van der Waals surface area contributed by atoms with Crippen molar-refractivity contribution in [2.75, 3.05) is 0 Å². The summed E-state index contributed by atoms with van der Waals surface area (Å²) >= 11 is 0. The van der Waals surface area contributed by atoms with Gasteiger partial charge in [-0.25, -0.2) is 0 Å². The predicted molar refractivity (Wildman–Crippen MR) is 78.0 cm³/mol. The van der Waals surface area contributed by atoms with Gasteiger partial charge < -0.3 is 5.32 Å². The van der Waals surface area contributed by atoms with E-state index in [2.05, 4.69) is 54.5 Å². The van der Waals surface area contributed by atoms with Crippen LogP contribution in [-0.4, -0.2) is 4.98 Å². The molecule has 0 bridgehead atoms. The third-order valence-corrected chi connectivity index (χ3v) is 3.99. The fourth-order valence-electron chi connectivity index (χ4n) is 2.83. The Morgan fingerprint density at radius 2 is 2.00 bits per heavy atom. The fraction of sp³-hybridized carbons (Fsp3) is 0.353. The summed E-state index contributed by atoms with van der Waals surface area (Å²) in [5.41, 5.74) is 5.29. The van der Waals surface area contributed by atoms with Gasteiger partial charge in [-0.15, -0.1) is 0 Å². The summed E-state index contributed by atoms with van der Waals surface area (Å²) in [6.45, 7) is 4.35. The van der Waals surface area contributed by atoms with Crippen molar-refractivity contribution in [2.45, 2.75) is 38.8 Å². The first-order valence-corrected chi connectivity index (χ1v) is 7.00. The maximum Gasteiger partial charge on any atom is 0.0605 e. The molecule has 0 radical (unpaired) electrons. The Balaban J connectivity index is 1.74. The van der Waals surface area contributed by atoms with Crippen molar-refractivity contribution in [3.63, 3.8) is 0 Å². The number of pyridine rings is 1. The van der Waals surface area contributed by atoms with Gasteiger partial charge in [0.15, 0.2) is 0 Å². The molecular weight excluding hydrogens is 232 g/mol. The summed E-state index contributed by atoms with van der Waals surface area (Å²) in [5.74, 6) is 0. The van der Waals surface area contributed by atoms with Crippen LogP contribution in [0.1, 0.15) is 47.8 Å². The normalized spacial score (nSPS) is 19.2. The van der Waals surface area contributed by atoms with E-state index < -0.39 is 0 Å². The van der Waals surface area contributed by atoms with Crippen LogP contribution in [0.3, 0.4) is 0 Å². The van der Waals surface area contributed by atoms with Gasteiger partial charge in [-0.1, -0.05) is 35.9 Å².